The Morgan fingerprint density at radius 3 is 2.63 bits per heavy atom. The van der Waals surface area contributed by atoms with Crippen molar-refractivity contribution in [2.24, 2.45) is 0 Å². The van der Waals surface area contributed by atoms with Crippen molar-refractivity contribution in [3.8, 4) is 0 Å². The zero-order chi connectivity index (χ0) is 14.3. The Morgan fingerprint density at radius 1 is 1.32 bits per heavy atom. The van der Waals surface area contributed by atoms with Crippen molar-refractivity contribution >= 4 is 17.5 Å². The van der Waals surface area contributed by atoms with Gasteiger partial charge in [0, 0.05) is 0 Å². The fourth-order valence-electron chi connectivity index (χ4n) is 1.11. The van der Waals surface area contributed by atoms with Crippen LogP contribution in [-0.4, -0.2) is 71.6 Å². The molecule has 2 aromatic rings. The fraction of sp³-hybridized carbons (Fsp3) is 0.400. The van der Waals surface area contributed by atoms with Gasteiger partial charge in [-0.05, 0) is 0 Å². The van der Waals surface area contributed by atoms with Crippen LogP contribution in [0.1, 0.15) is 0 Å². The average Bonchev–Trinajstić information content (AvgIpc) is 2.93. The fourth-order valence-corrected chi connectivity index (χ4v) is 1.11. The zero-order valence-corrected chi connectivity index (χ0v) is 9.79. The number of rotatable bonds is 4. The average molecular weight is 270 g/mol. The Kier molecular flexibility index (Phi) is 5.96. The molecule has 9 heteroatoms. The van der Waals surface area contributed by atoms with E-state index < -0.39 is 24.9 Å². The number of H-pyrrole nitrogens is 1. The van der Waals surface area contributed by atoms with Crippen LogP contribution in [0.4, 0.5) is 0 Å². The second-order valence-corrected chi connectivity index (χ2v) is 3.53. The van der Waals surface area contributed by atoms with Crippen LogP contribution in [0, 0.1) is 0 Å². The summed E-state index contributed by atoms with van der Waals surface area (Å²) in [5, 5.41) is 34.1. The maximum Gasteiger partial charge on any atom is 0.160 e. The lowest BCUT2D eigenvalue weighted by Crippen LogP contribution is -2.40. The molecule has 2 heterocycles. The number of aromatic nitrogens is 4. The summed E-state index contributed by atoms with van der Waals surface area (Å²) >= 11 is 0. The SMILES string of the molecule is O=C[C@H](O)[C@H](O)[C@H](O)CO.c1ncc2nc[nH]c2n1. The predicted molar refractivity (Wildman–Crippen MR) is 62.9 cm³/mol. The molecule has 2 rings (SSSR count). The number of fused-ring (bicyclic) bond motifs is 1. The third kappa shape index (κ3) is 4.34. The molecule has 19 heavy (non-hydrogen) atoms. The number of aliphatic hydroxyl groups is 4. The molecular weight excluding hydrogens is 256 g/mol. The minimum Gasteiger partial charge on any atom is -0.394 e. The predicted octanol–water partition coefficient (Wildman–Crippen LogP) is -2.39. The number of hydrogen-bond acceptors (Lipinski definition) is 8. The van der Waals surface area contributed by atoms with Gasteiger partial charge in [-0.25, -0.2) is 15.0 Å². The number of aldehydes is 1. The van der Waals surface area contributed by atoms with E-state index in [4.69, 9.17) is 20.4 Å². The molecule has 0 aliphatic rings. The van der Waals surface area contributed by atoms with Gasteiger partial charge in [0.2, 0.25) is 0 Å². The maximum atomic E-state index is 9.76. The van der Waals surface area contributed by atoms with Gasteiger partial charge in [-0.1, -0.05) is 0 Å². The van der Waals surface area contributed by atoms with Gasteiger partial charge in [0.05, 0.1) is 19.1 Å². The van der Waals surface area contributed by atoms with Crippen molar-refractivity contribution in [3.63, 3.8) is 0 Å². The summed E-state index contributed by atoms with van der Waals surface area (Å²) in [5.41, 5.74) is 1.59. The Hall–Kier alpha value is -1.94. The number of nitrogens with zero attached hydrogens (tertiary/aromatic N) is 3. The van der Waals surface area contributed by atoms with Gasteiger partial charge < -0.3 is 30.2 Å². The Morgan fingerprint density at radius 2 is 2.05 bits per heavy atom. The first-order chi connectivity index (χ1) is 9.10. The lowest BCUT2D eigenvalue weighted by atomic mass is 10.1. The lowest BCUT2D eigenvalue weighted by molar-refractivity contribution is -0.127. The molecule has 0 aliphatic heterocycles. The van der Waals surface area contributed by atoms with E-state index in [1.54, 1.807) is 12.5 Å². The summed E-state index contributed by atoms with van der Waals surface area (Å²) < 4.78 is 0. The molecule has 0 aliphatic carbocycles. The van der Waals surface area contributed by atoms with Crippen LogP contribution >= 0.6 is 0 Å². The van der Waals surface area contributed by atoms with Gasteiger partial charge >= 0.3 is 0 Å². The first-order valence-corrected chi connectivity index (χ1v) is 5.29. The summed E-state index contributed by atoms with van der Waals surface area (Å²) in [7, 11) is 0. The van der Waals surface area contributed by atoms with E-state index >= 15 is 0 Å². The molecule has 0 radical (unpaired) electrons. The first-order valence-electron chi connectivity index (χ1n) is 5.29. The number of aromatic amines is 1. The van der Waals surface area contributed by atoms with Gasteiger partial charge in [-0.3, -0.25) is 0 Å². The number of hydrogen-bond donors (Lipinski definition) is 5. The van der Waals surface area contributed by atoms with Crippen LogP contribution in [0.2, 0.25) is 0 Å². The van der Waals surface area contributed by atoms with Crippen molar-refractivity contribution in [1.82, 2.24) is 19.9 Å². The van der Waals surface area contributed by atoms with Gasteiger partial charge in [0.15, 0.2) is 11.9 Å². The lowest BCUT2D eigenvalue weighted by Gasteiger charge is -2.16. The summed E-state index contributed by atoms with van der Waals surface area (Å²) in [5.74, 6) is 0. The van der Waals surface area contributed by atoms with Crippen LogP contribution in [0.5, 0.6) is 0 Å². The van der Waals surface area contributed by atoms with Gasteiger partial charge in [0.25, 0.3) is 0 Å². The monoisotopic (exact) mass is 270 g/mol. The highest BCUT2D eigenvalue weighted by atomic mass is 16.4. The quantitative estimate of drug-likeness (QED) is 0.386. The molecule has 104 valence electrons. The third-order valence-corrected chi connectivity index (χ3v) is 2.17. The molecule has 0 spiro atoms. The molecule has 0 saturated carbocycles. The molecule has 5 N–H and O–H groups in total. The van der Waals surface area contributed by atoms with E-state index in [0.717, 1.165) is 11.2 Å². The normalized spacial score (nSPS) is 15.2. The third-order valence-electron chi connectivity index (χ3n) is 2.17. The smallest absolute Gasteiger partial charge is 0.160 e. The molecule has 0 unspecified atom stereocenters. The van der Waals surface area contributed by atoms with Crippen molar-refractivity contribution in [2.75, 3.05) is 6.61 Å². The van der Waals surface area contributed by atoms with Gasteiger partial charge in [0.1, 0.15) is 30.2 Å². The molecule has 0 amide bonds. The van der Waals surface area contributed by atoms with E-state index in [-0.39, 0.29) is 6.29 Å². The van der Waals surface area contributed by atoms with E-state index in [9.17, 15) is 4.79 Å². The van der Waals surface area contributed by atoms with Crippen LogP contribution in [0.15, 0.2) is 18.9 Å². The molecule has 2 aromatic heterocycles. The number of nitrogens with one attached hydrogen (secondary N) is 1. The summed E-state index contributed by atoms with van der Waals surface area (Å²) in [6.07, 6.45) is 0.118. The highest BCUT2D eigenvalue weighted by Gasteiger charge is 2.22. The van der Waals surface area contributed by atoms with E-state index in [1.807, 2.05) is 0 Å². The second kappa shape index (κ2) is 7.48. The minimum absolute atomic E-state index is 0.0869. The Bertz CT molecular complexity index is 475. The summed E-state index contributed by atoms with van der Waals surface area (Å²) in [6.45, 7) is -0.688. The molecule has 0 bridgehead atoms. The van der Waals surface area contributed by atoms with E-state index in [0.29, 0.717) is 0 Å². The zero-order valence-electron chi connectivity index (χ0n) is 9.79. The van der Waals surface area contributed by atoms with Crippen LogP contribution in [0.25, 0.3) is 11.2 Å². The summed E-state index contributed by atoms with van der Waals surface area (Å²) in [6, 6.07) is 0. The van der Waals surface area contributed by atoms with Crippen LogP contribution in [-0.2, 0) is 4.79 Å². The molecule has 3 atom stereocenters. The maximum absolute atomic E-state index is 9.76. The molecule has 0 saturated heterocycles. The molecule has 0 fully saturated rings. The number of carbonyl (C=O) groups excluding carboxylic acids is 1. The van der Waals surface area contributed by atoms with Gasteiger partial charge in [-0.15, -0.1) is 0 Å². The standard InChI is InChI=1S/C5H4N4.C5H10O5/c1-4-5(8-2-6-1)9-3-7-4;6-1-3(8)5(10)4(9)2-7/h1-3H,(H,6,7,8,9);1,3-5,7-10H,2H2/t;3-,4+,5-/m.0/s1. The first kappa shape index (κ1) is 15.1. The Balaban J connectivity index is 0.000000190. The molecule has 9 nitrogen and oxygen atoms in total. The van der Waals surface area contributed by atoms with Crippen molar-refractivity contribution < 1.29 is 25.2 Å². The number of aliphatic hydroxyl groups excluding tert-OH is 4. The van der Waals surface area contributed by atoms with Crippen molar-refractivity contribution in [3.05, 3.63) is 18.9 Å². The number of carbonyl (C=O) groups is 1. The van der Waals surface area contributed by atoms with Crippen molar-refractivity contribution in [1.29, 1.82) is 0 Å². The summed E-state index contributed by atoms with van der Waals surface area (Å²) in [4.78, 5) is 24.3. The van der Waals surface area contributed by atoms with Crippen LogP contribution in [0.3, 0.4) is 0 Å². The van der Waals surface area contributed by atoms with Crippen LogP contribution < -0.4 is 0 Å². The van der Waals surface area contributed by atoms with Crippen molar-refractivity contribution in [2.45, 2.75) is 18.3 Å². The molecular formula is C10H14N4O5. The minimum atomic E-state index is -1.64. The highest BCUT2D eigenvalue weighted by molar-refractivity contribution is 5.67. The second-order valence-electron chi connectivity index (χ2n) is 3.53. The largest absolute Gasteiger partial charge is 0.394 e. The Labute approximate surface area is 107 Å². The van der Waals surface area contributed by atoms with E-state index in [2.05, 4.69) is 19.9 Å². The van der Waals surface area contributed by atoms with Gasteiger partial charge in [-0.2, -0.15) is 0 Å². The van der Waals surface area contributed by atoms with E-state index in [1.165, 1.54) is 6.33 Å². The topological polar surface area (TPSA) is 152 Å². The number of imidazole rings is 1. The highest BCUT2D eigenvalue weighted by Crippen LogP contribution is 1.99. The molecule has 0 aromatic carbocycles.